The van der Waals surface area contributed by atoms with Crippen LogP contribution in [0.1, 0.15) is 19.4 Å². The van der Waals surface area contributed by atoms with E-state index in [1.807, 2.05) is 13.0 Å². The molecule has 1 heterocycles. The summed E-state index contributed by atoms with van der Waals surface area (Å²) in [4.78, 5) is 6.56. The highest BCUT2D eigenvalue weighted by atomic mass is 16.5. The van der Waals surface area contributed by atoms with Crippen molar-refractivity contribution in [2.75, 3.05) is 30.9 Å². The van der Waals surface area contributed by atoms with Crippen molar-refractivity contribution in [3.8, 4) is 0 Å². The number of pyridine rings is 1. The summed E-state index contributed by atoms with van der Waals surface area (Å²) in [5, 5.41) is 0. The first-order valence-corrected chi connectivity index (χ1v) is 5.54. The summed E-state index contributed by atoms with van der Waals surface area (Å²) in [6, 6.07) is 2.41. The van der Waals surface area contributed by atoms with Crippen molar-refractivity contribution in [3.63, 3.8) is 0 Å². The molecule has 0 aliphatic rings. The van der Waals surface area contributed by atoms with Crippen molar-refractivity contribution in [1.29, 1.82) is 0 Å². The van der Waals surface area contributed by atoms with Gasteiger partial charge in [-0.15, -0.1) is 0 Å². The third-order valence-electron chi connectivity index (χ3n) is 2.59. The number of nitrogens with two attached hydrogens (primary N) is 1. The van der Waals surface area contributed by atoms with Crippen molar-refractivity contribution >= 4 is 11.5 Å². The van der Waals surface area contributed by atoms with Gasteiger partial charge in [0.25, 0.3) is 0 Å². The smallest absolute Gasteiger partial charge is 0.129 e. The van der Waals surface area contributed by atoms with Crippen LogP contribution in [0.5, 0.6) is 0 Å². The quantitative estimate of drug-likeness (QED) is 0.827. The number of nitrogen functional groups attached to an aromatic ring is 1. The molecule has 0 radical (unpaired) electrons. The number of ether oxygens (including phenoxy) is 1. The second kappa shape index (κ2) is 5.70. The number of hydrogen-bond acceptors (Lipinski definition) is 4. The Morgan fingerprint density at radius 1 is 1.50 bits per heavy atom. The first kappa shape index (κ1) is 12.8. The van der Waals surface area contributed by atoms with E-state index in [0.717, 1.165) is 23.6 Å². The van der Waals surface area contributed by atoms with Gasteiger partial charge in [0, 0.05) is 19.7 Å². The number of aromatic nitrogens is 1. The van der Waals surface area contributed by atoms with Crippen molar-refractivity contribution in [2.45, 2.75) is 26.8 Å². The molecule has 0 unspecified atom stereocenters. The summed E-state index contributed by atoms with van der Waals surface area (Å²) < 4.78 is 5.10. The average Bonchev–Trinajstić information content (AvgIpc) is 2.23. The largest absolute Gasteiger partial charge is 0.397 e. The predicted octanol–water partition coefficient (Wildman–Crippen LogP) is 1.83. The molecule has 0 atom stereocenters. The Kier molecular flexibility index (Phi) is 4.55. The molecule has 1 rings (SSSR count). The lowest BCUT2D eigenvalue weighted by molar-refractivity contribution is 0.203. The molecule has 0 spiro atoms. The molecule has 0 bridgehead atoms. The zero-order chi connectivity index (χ0) is 12.1. The highest BCUT2D eigenvalue weighted by Crippen LogP contribution is 2.18. The summed E-state index contributed by atoms with van der Waals surface area (Å²) in [6.07, 6.45) is 1.72. The highest BCUT2D eigenvalue weighted by Gasteiger charge is 2.12. The van der Waals surface area contributed by atoms with Crippen LogP contribution in [0.25, 0.3) is 0 Å². The van der Waals surface area contributed by atoms with E-state index in [4.69, 9.17) is 10.5 Å². The zero-order valence-electron chi connectivity index (χ0n) is 10.5. The summed E-state index contributed by atoms with van der Waals surface area (Å²) >= 11 is 0. The summed E-state index contributed by atoms with van der Waals surface area (Å²) in [5.41, 5.74) is 7.56. The molecule has 16 heavy (non-hydrogen) atoms. The Labute approximate surface area is 97.4 Å². The Bertz CT molecular complexity index is 339. The molecule has 4 nitrogen and oxygen atoms in total. The van der Waals surface area contributed by atoms with E-state index in [1.165, 1.54) is 0 Å². The van der Waals surface area contributed by atoms with E-state index in [2.05, 4.69) is 23.7 Å². The van der Waals surface area contributed by atoms with Crippen LogP contribution in [-0.4, -0.2) is 31.3 Å². The molecule has 0 fully saturated rings. The second-order valence-electron chi connectivity index (χ2n) is 4.18. The summed E-state index contributed by atoms with van der Waals surface area (Å²) in [5.74, 6) is 0.957. The Balaban J connectivity index is 2.88. The zero-order valence-corrected chi connectivity index (χ0v) is 10.5. The van der Waals surface area contributed by atoms with E-state index in [1.54, 1.807) is 13.3 Å². The van der Waals surface area contributed by atoms with Gasteiger partial charge in [0.15, 0.2) is 0 Å². The lowest BCUT2D eigenvalue weighted by Gasteiger charge is -2.27. The van der Waals surface area contributed by atoms with E-state index in [0.29, 0.717) is 12.6 Å². The lowest BCUT2D eigenvalue weighted by atomic mass is 10.2. The van der Waals surface area contributed by atoms with Crippen LogP contribution in [0.15, 0.2) is 12.3 Å². The van der Waals surface area contributed by atoms with E-state index in [-0.39, 0.29) is 0 Å². The van der Waals surface area contributed by atoms with Gasteiger partial charge in [0.05, 0.1) is 18.5 Å². The first-order valence-electron chi connectivity index (χ1n) is 5.54. The maximum atomic E-state index is 5.76. The molecule has 0 aliphatic carbocycles. The van der Waals surface area contributed by atoms with Crippen molar-refractivity contribution in [1.82, 2.24) is 4.98 Å². The van der Waals surface area contributed by atoms with Crippen LogP contribution >= 0.6 is 0 Å². The normalized spacial score (nSPS) is 10.8. The molecular formula is C12H21N3O. The molecule has 1 aromatic rings. The van der Waals surface area contributed by atoms with Crippen LogP contribution in [0.2, 0.25) is 0 Å². The molecule has 0 saturated heterocycles. The third kappa shape index (κ3) is 3.10. The minimum Gasteiger partial charge on any atom is -0.397 e. The molecule has 1 aromatic heterocycles. The number of anilines is 2. The molecule has 0 amide bonds. The molecule has 0 saturated carbocycles. The average molecular weight is 223 g/mol. The summed E-state index contributed by atoms with van der Waals surface area (Å²) in [6.45, 7) is 7.81. The van der Waals surface area contributed by atoms with Crippen molar-refractivity contribution < 1.29 is 4.74 Å². The van der Waals surface area contributed by atoms with Crippen molar-refractivity contribution in [3.05, 3.63) is 17.8 Å². The first-order chi connectivity index (χ1) is 7.56. The van der Waals surface area contributed by atoms with Crippen LogP contribution in [0, 0.1) is 6.92 Å². The fourth-order valence-electron chi connectivity index (χ4n) is 1.54. The van der Waals surface area contributed by atoms with Gasteiger partial charge in [0.1, 0.15) is 5.82 Å². The van der Waals surface area contributed by atoms with Gasteiger partial charge >= 0.3 is 0 Å². The van der Waals surface area contributed by atoms with E-state index < -0.39 is 0 Å². The lowest BCUT2D eigenvalue weighted by Crippen LogP contribution is -2.34. The maximum absolute atomic E-state index is 5.76. The monoisotopic (exact) mass is 223 g/mol. The van der Waals surface area contributed by atoms with Gasteiger partial charge in [-0.3, -0.25) is 0 Å². The van der Waals surface area contributed by atoms with Gasteiger partial charge in [-0.05, 0) is 32.4 Å². The number of hydrogen-bond donors (Lipinski definition) is 1. The predicted molar refractivity (Wildman–Crippen MR) is 67.7 cm³/mol. The Hall–Kier alpha value is -1.29. The van der Waals surface area contributed by atoms with Gasteiger partial charge in [-0.1, -0.05) is 0 Å². The minimum atomic E-state index is 0.394. The molecule has 4 heteroatoms. The molecular weight excluding hydrogens is 202 g/mol. The van der Waals surface area contributed by atoms with Gasteiger partial charge < -0.3 is 15.4 Å². The number of rotatable bonds is 5. The minimum absolute atomic E-state index is 0.394. The number of methoxy groups -OCH3 is 1. The Morgan fingerprint density at radius 3 is 2.69 bits per heavy atom. The fourth-order valence-corrected chi connectivity index (χ4v) is 1.54. The molecule has 90 valence electrons. The summed E-state index contributed by atoms with van der Waals surface area (Å²) in [7, 11) is 1.71. The molecule has 2 N–H and O–H groups in total. The molecule has 0 aromatic carbocycles. The van der Waals surface area contributed by atoms with Crippen molar-refractivity contribution in [2.24, 2.45) is 0 Å². The fraction of sp³-hybridized carbons (Fsp3) is 0.583. The second-order valence-corrected chi connectivity index (χ2v) is 4.18. The number of nitrogens with zero attached hydrogens (tertiary/aromatic N) is 2. The Morgan fingerprint density at radius 2 is 2.19 bits per heavy atom. The van der Waals surface area contributed by atoms with E-state index >= 15 is 0 Å². The maximum Gasteiger partial charge on any atom is 0.129 e. The number of aryl methyl sites for hydroxylation is 1. The van der Waals surface area contributed by atoms with Gasteiger partial charge in [-0.2, -0.15) is 0 Å². The molecule has 0 aliphatic heterocycles. The standard InChI is InChI=1S/C12H21N3O/c1-9(2)15(5-6-16-4)12-7-10(3)11(13)8-14-12/h7-9H,5-6,13H2,1-4H3. The van der Waals surface area contributed by atoms with Gasteiger partial charge in [-0.25, -0.2) is 4.98 Å². The SMILES string of the molecule is COCCN(c1cc(C)c(N)cn1)C(C)C. The van der Waals surface area contributed by atoms with Crippen LogP contribution in [0.4, 0.5) is 11.5 Å². The topological polar surface area (TPSA) is 51.4 Å². The van der Waals surface area contributed by atoms with E-state index in [9.17, 15) is 0 Å². The third-order valence-corrected chi connectivity index (χ3v) is 2.59. The van der Waals surface area contributed by atoms with Gasteiger partial charge in [0.2, 0.25) is 0 Å². The highest BCUT2D eigenvalue weighted by molar-refractivity contribution is 5.52. The van der Waals surface area contributed by atoms with Crippen LogP contribution < -0.4 is 10.6 Å². The van der Waals surface area contributed by atoms with Crippen LogP contribution in [0.3, 0.4) is 0 Å². The van der Waals surface area contributed by atoms with Crippen LogP contribution in [-0.2, 0) is 4.74 Å².